The molecule has 0 bridgehead atoms. The van der Waals surface area contributed by atoms with Crippen LogP contribution in [0.2, 0.25) is 0 Å². The van der Waals surface area contributed by atoms with Crippen LogP contribution in [-0.4, -0.2) is 29.4 Å². The van der Waals surface area contributed by atoms with E-state index in [0.29, 0.717) is 6.10 Å². The van der Waals surface area contributed by atoms with E-state index in [4.69, 9.17) is 4.74 Å². The number of nitrogens with zero attached hydrogens (tertiary/aromatic N) is 1. The zero-order valence-electron chi connectivity index (χ0n) is 9.99. The van der Waals surface area contributed by atoms with Gasteiger partial charge in [-0.3, -0.25) is 5.10 Å². The van der Waals surface area contributed by atoms with Gasteiger partial charge in [0, 0.05) is 18.0 Å². The standard InChI is InChI=1S/C13H17N3O/c1-9-5-10-7-15-16-12(10)6-13(9)17-11-3-2-4-14-8-11/h5-7,11,14H,2-4,8H2,1H3,(H,15,16)/t11-/m1/s1. The Morgan fingerprint density at radius 1 is 1.41 bits per heavy atom. The number of fused-ring (bicyclic) bond motifs is 1. The van der Waals surface area contributed by atoms with Crippen molar-refractivity contribution in [3.05, 3.63) is 23.9 Å². The van der Waals surface area contributed by atoms with Crippen LogP contribution in [0.3, 0.4) is 0 Å². The van der Waals surface area contributed by atoms with E-state index in [1.54, 1.807) is 0 Å². The number of aromatic amines is 1. The van der Waals surface area contributed by atoms with Crippen LogP contribution < -0.4 is 10.1 Å². The van der Waals surface area contributed by atoms with Gasteiger partial charge in [-0.25, -0.2) is 0 Å². The maximum absolute atomic E-state index is 6.05. The van der Waals surface area contributed by atoms with Crippen molar-refractivity contribution < 1.29 is 4.74 Å². The molecule has 1 aromatic heterocycles. The number of nitrogens with one attached hydrogen (secondary N) is 2. The van der Waals surface area contributed by atoms with Crippen LogP contribution in [0.5, 0.6) is 5.75 Å². The van der Waals surface area contributed by atoms with E-state index in [9.17, 15) is 0 Å². The Bertz CT molecular complexity index is 514. The van der Waals surface area contributed by atoms with E-state index in [2.05, 4.69) is 28.5 Å². The molecular weight excluding hydrogens is 214 g/mol. The molecule has 4 heteroatoms. The van der Waals surface area contributed by atoms with Crippen molar-refractivity contribution >= 4 is 10.9 Å². The van der Waals surface area contributed by atoms with Gasteiger partial charge in [-0.05, 0) is 37.9 Å². The highest BCUT2D eigenvalue weighted by Crippen LogP contribution is 2.25. The van der Waals surface area contributed by atoms with E-state index >= 15 is 0 Å². The van der Waals surface area contributed by atoms with Crippen molar-refractivity contribution in [2.24, 2.45) is 0 Å². The molecule has 2 heterocycles. The number of hydrogen-bond donors (Lipinski definition) is 2. The third-order valence-corrected chi connectivity index (χ3v) is 3.28. The second-order valence-corrected chi connectivity index (χ2v) is 4.66. The number of piperidine rings is 1. The summed E-state index contributed by atoms with van der Waals surface area (Å²) in [5.74, 6) is 0.968. The van der Waals surface area contributed by atoms with Crippen LogP contribution in [0.25, 0.3) is 10.9 Å². The summed E-state index contributed by atoms with van der Waals surface area (Å²) >= 11 is 0. The molecule has 2 aromatic rings. The first-order valence-electron chi connectivity index (χ1n) is 6.14. The summed E-state index contributed by atoms with van der Waals surface area (Å²) in [5, 5.41) is 11.5. The van der Waals surface area contributed by atoms with Gasteiger partial charge in [0.2, 0.25) is 0 Å². The average molecular weight is 231 g/mol. The molecule has 1 aliphatic heterocycles. The van der Waals surface area contributed by atoms with Gasteiger partial charge in [-0.1, -0.05) is 0 Å². The van der Waals surface area contributed by atoms with E-state index in [0.717, 1.165) is 36.2 Å². The lowest BCUT2D eigenvalue weighted by atomic mass is 10.1. The summed E-state index contributed by atoms with van der Waals surface area (Å²) in [4.78, 5) is 0. The van der Waals surface area contributed by atoms with Crippen molar-refractivity contribution in [1.82, 2.24) is 15.5 Å². The number of aromatic nitrogens is 2. The van der Waals surface area contributed by atoms with Gasteiger partial charge in [0.25, 0.3) is 0 Å². The molecule has 3 rings (SSSR count). The summed E-state index contributed by atoms with van der Waals surface area (Å²) < 4.78 is 6.05. The van der Waals surface area contributed by atoms with E-state index < -0.39 is 0 Å². The minimum absolute atomic E-state index is 0.294. The highest BCUT2D eigenvalue weighted by Gasteiger charge is 2.15. The molecule has 1 aliphatic rings. The van der Waals surface area contributed by atoms with Gasteiger partial charge < -0.3 is 10.1 Å². The van der Waals surface area contributed by atoms with Crippen LogP contribution in [0.15, 0.2) is 18.3 Å². The largest absolute Gasteiger partial charge is 0.489 e. The Morgan fingerprint density at radius 2 is 2.35 bits per heavy atom. The van der Waals surface area contributed by atoms with Gasteiger partial charge in [-0.15, -0.1) is 0 Å². The Hall–Kier alpha value is -1.55. The fourth-order valence-corrected chi connectivity index (χ4v) is 2.31. The maximum atomic E-state index is 6.05. The molecule has 0 spiro atoms. The molecule has 1 saturated heterocycles. The van der Waals surface area contributed by atoms with Gasteiger partial charge in [-0.2, -0.15) is 5.10 Å². The number of rotatable bonds is 2. The number of ether oxygens (including phenoxy) is 1. The van der Waals surface area contributed by atoms with Crippen molar-refractivity contribution in [3.63, 3.8) is 0 Å². The fraction of sp³-hybridized carbons (Fsp3) is 0.462. The van der Waals surface area contributed by atoms with Gasteiger partial charge in [0.05, 0.1) is 11.7 Å². The summed E-state index contributed by atoms with van der Waals surface area (Å²) in [6, 6.07) is 4.16. The molecule has 17 heavy (non-hydrogen) atoms. The monoisotopic (exact) mass is 231 g/mol. The summed E-state index contributed by atoms with van der Waals surface area (Å²) in [7, 11) is 0. The number of benzene rings is 1. The third-order valence-electron chi connectivity index (χ3n) is 3.28. The van der Waals surface area contributed by atoms with Crippen LogP contribution in [0.1, 0.15) is 18.4 Å². The molecule has 0 unspecified atom stereocenters. The number of aryl methyl sites for hydroxylation is 1. The third kappa shape index (κ3) is 2.13. The zero-order valence-corrected chi connectivity index (χ0v) is 9.99. The summed E-state index contributed by atoms with van der Waals surface area (Å²) in [5.41, 5.74) is 2.21. The van der Waals surface area contributed by atoms with Crippen molar-refractivity contribution in [1.29, 1.82) is 0 Å². The highest BCUT2D eigenvalue weighted by atomic mass is 16.5. The summed E-state index contributed by atoms with van der Waals surface area (Å²) in [6.45, 7) is 4.14. The number of H-pyrrole nitrogens is 1. The molecule has 0 saturated carbocycles. The minimum atomic E-state index is 0.294. The zero-order chi connectivity index (χ0) is 11.7. The molecule has 0 radical (unpaired) electrons. The second kappa shape index (κ2) is 4.37. The smallest absolute Gasteiger partial charge is 0.124 e. The van der Waals surface area contributed by atoms with Crippen molar-refractivity contribution in [2.45, 2.75) is 25.9 Å². The molecular formula is C13H17N3O. The number of hydrogen-bond acceptors (Lipinski definition) is 3. The minimum Gasteiger partial charge on any atom is -0.489 e. The second-order valence-electron chi connectivity index (χ2n) is 4.66. The normalized spacial score (nSPS) is 20.6. The highest BCUT2D eigenvalue weighted by molar-refractivity contribution is 5.80. The van der Waals surface area contributed by atoms with Crippen molar-refractivity contribution in [2.75, 3.05) is 13.1 Å². The van der Waals surface area contributed by atoms with Gasteiger partial charge in [0.15, 0.2) is 0 Å². The Labute approximate surface area is 100 Å². The van der Waals surface area contributed by atoms with Gasteiger partial charge in [0.1, 0.15) is 11.9 Å². The van der Waals surface area contributed by atoms with Crippen LogP contribution in [-0.2, 0) is 0 Å². The first kappa shape index (κ1) is 10.6. The summed E-state index contributed by atoms with van der Waals surface area (Å²) in [6.07, 6.45) is 4.46. The molecule has 0 aliphatic carbocycles. The molecule has 1 fully saturated rings. The lowest BCUT2D eigenvalue weighted by Gasteiger charge is -2.24. The van der Waals surface area contributed by atoms with E-state index in [1.807, 2.05) is 12.3 Å². The SMILES string of the molecule is Cc1cc2cn[nH]c2cc1O[C@@H]1CCCNC1. The molecule has 1 aromatic carbocycles. The average Bonchev–Trinajstić information content (AvgIpc) is 2.78. The first-order valence-corrected chi connectivity index (χ1v) is 6.14. The Kier molecular flexibility index (Phi) is 2.73. The van der Waals surface area contributed by atoms with E-state index in [1.165, 1.54) is 12.0 Å². The van der Waals surface area contributed by atoms with Crippen LogP contribution in [0.4, 0.5) is 0 Å². The quantitative estimate of drug-likeness (QED) is 0.831. The van der Waals surface area contributed by atoms with Crippen LogP contribution >= 0.6 is 0 Å². The lowest BCUT2D eigenvalue weighted by molar-refractivity contribution is 0.166. The molecule has 1 atom stereocenters. The maximum Gasteiger partial charge on any atom is 0.124 e. The van der Waals surface area contributed by atoms with Gasteiger partial charge >= 0.3 is 0 Å². The predicted octanol–water partition coefficient (Wildman–Crippen LogP) is 2.00. The lowest BCUT2D eigenvalue weighted by Crippen LogP contribution is -2.37. The molecule has 90 valence electrons. The Morgan fingerprint density at radius 3 is 3.18 bits per heavy atom. The predicted molar refractivity (Wildman–Crippen MR) is 67.4 cm³/mol. The molecule has 2 N–H and O–H groups in total. The Balaban J connectivity index is 1.85. The van der Waals surface area contributed by atoms with Crippen LogP contribution in [0, 0.1) is 6.92 Å². The van der Waals surface area contributed by atoms with E-state index in [-0.39, 0.29) is 0 Å². The van der Waals surface area contributed by atoms with Crippen molar-refractivity contribution in [3.8, 4) is 5.75 Å². The molecule has 0 amide bonds. The topological polar surface area (TPSA) is 49.9 Å². The fourth-order valence-electron chi connectivity index (χ4n) is 2.31. The molecule has 4 nitrogen and oxygen atoms in total. The first-order chi connectivity index (χ1) is 8.33.